The molecule has 0 aliphatic carbocycles. The molecule has 1 aliphatic heterocycles. The van der Waals surface area contributed by atoms with E-state index in [2.05, 4.69) is 15.2 Å². The van der Waals surface area contributed by atoms with Gasteiger partial charge >= 0.3 is 0 Å². The molecule has 0 atom stereocenters. The van der Waals surface area contributed by atoms with Crippen molar-refractivity contribution in [3.63, 3.8) is 0 Å². The van der Waals surface area contributed by atoms with E-state index < -0.39 is 0 Å². The minimum atomic E-state index is 0.611. The van der Waals surface area contributed by atoms with Crippen LogP contribution in [0, 0.1) is 0 Å². The average Bonchev–Trinajstić information content (AvgIpc) is 2.82. The quantitative estimate of drug-likeness (QED) is 0.695. The number of anilines is 2. The van der Waals surface area contributed by atoms with Crippen LogP contribution in [0.25, 0.3) is 0 Å². The first-order valence-electron chi connectivity index (χ1n) is 7.02. The summed E-state index contributed by atoms with van der Waals surface area (Å²) in [4.78, 5) is 0. The number of methoxy groups -OCH3 is 1. The first-order chi connectivity index (χ1) is 10.6. The number of nitrogens with two attached hydrogens (primary N) is 1. The number of hydrazine groups is 1. The lowest BCUT2D eigenvalue weighted by Crippen LogP contribution is -2.29. The molecule has 1 aliphatic rings. The van der Waals surface area contributed by atoms with Crippen LogP contribution in [-0.2, 0) is 6.54 Å². The van der Waals surface area contributed by atoms with Crippen LogP contribution in [0.1, 0.15) is 5.56 Å². The van der Waals surface area contributed by atoms with Crippen molar-refractivity contribution >= 4 is 22.7 Å². The molecular weight excluding hydrogens is 278 g/mol. The van der Waals surface area contributed by atoms with Gasteiger partial charge in [-0.15, -0.1) is 10.2 Å². The zero-order valence-corrected chi connectivity index (χ0v) is 12.9. The molecule has 0 fully saturated rings. The van der Waals surface area contributed by atoms with Gasteiger partial charge in [-0.05, 0) is 23.8 Å². The van der Waals surface area contributed by atoms with Gasteiger partial charge in [0.1, 0.15) is 17.1 Å². The maximum Gasteiger partial charge on any atom is 0.146 e. The van der Waals surface area contributed by atoms with Crippen LogP contribution in [0.5, 0.6) is 5.75 Å². The smallest absolute Gasteiger partial charge is 0.146 e. The lowest BCUT2D eigenvalue weighted by Gasteiger charge is -2.22. The van der Waals surface area contributed by atoms with Gasteiger partial charge in [-0.3, -0.25) is 0 Å². The Bertz CT molecular complexity index is 728. The molecule has 0 saturated heterocycles. The van der Waals surface area contributed by atoms with Crippen molar-refractivity contribution in [3.05, 3.63) is 42.0 Å². The number of para-hydroxylation sites is 1. The molecule has 0 unspecified atom stereocenters. The number of hydrogen-bond acceptors (Lipinski definition) is 6. The minimum absolute atomic E-state index is 0.611. The van der Waals surface area contributed by atoms with Gasteiger partial charge in [0.05, 0.1) is 18.5 Å². The summed E-state index contributed by atoms with van der Waals surface area (Å²) in [5.74, 6) is 0.683. The fourth-order valence-electron chi connectivity index (χ4n) is 2.57. The van der Waals surface area contributed by atoms with Gasteiger partial charge in [-0.1, -0.05) is 18.2 Å². The van der Waals surface area contributed by atoms with Crippen molar-refractivity contribution in [3.8, 4) is 5.75 Å². The van der Waals surface area contributed by atoms with Crippen LogP contribution < -0.4 is 15.5 Å². The molecular formula is C16H19N5O. The molecule has 6 heteroatoms. The highest BCUT2D eigenvalue weighted by molar-refractivity contribution is 5.82. The summed E-state index contributed by atoms with van der Waals surface area (Å²) in [7, 11) is 5.64. The Hall–Kier alpha value is -2.60. The van der Waals surface area contributed by atoms with Crippen LogP contribution in [0.3, 0.4) is 0 Å². The molecule has 1 heterocycles. The zero-order valence-electron chi connectivity index (χ0n) is 12.9. The molecule has 22 heavy (non-hydrogen) atoms. The summed E-state index contributed by atoms with van der Waals surface area (Å²) in [6, 6.07) is 11.4. The Morgan fingerprint density at radius 2 is 1.86 bits per heavy atom. The number of benzene rings is 2. The van der Waals surface area contributed by atoms with Gasteiger partial charge in [0.25, 0.3) is 0 Å². The van der Waals surface area contributed by atoms with E-state index in [0.29, 0.717) is 22.8 Å². The number of azo groups is 1. The predicted octanol–water partition coefficient (Wildman–Crippen LogP) is 3.49. The van der Waals surface area contributed by atoms with E-state index in [1.54, 1.807) is 7.11 Å². The summed E-state index contributed by atoms with van der Waals surface area (Å²) in [6.07, 6.45) is 0. The third-order valence-corrected chi connectivity index (χ3v) is 3.84. The molecule has 2 aromatic rings. The fourth-order valence-corrected chi connectivity index (χ4v) is 2.57. The molecule has 6 nitrogen and oxygen atoms in total. The molecule has 0 radical (unpaired) electrons. The van der Waals surface area contributed by atoms with Crippen molar-refractivity contribution in [1.29, 1.82) is 0 Å². The van der Waals surface area contributed by atoms with Gasteiger partial charge in [-0.25, -0.2) is 5.01 Å². The molecule has 0 aromatic heterocycles. The van der Waals surface area contributed by atoms with Crippen molar-refractivity contribution in [2.75, 3.05) is 31.9 Å². The number of hydrogen-bond donors (Lipinski definition) is 1. The third-order valence-electron chi connectivity index (χ3n) is 3.84. The van der Waals surface area contributed by atoms with E-state index in [9.17, 15) is 0 Å². The van der Waals surface area contributed by atoms with E-state index in [4.69, 9.17) is 10.5 Å². The Balaban J connectivity index is 2.03. The van der Waals surface area contributed by atoms with Crippen LogP contribution in [0.15, 0.2) is 46.6 Å². The number of ether oxygens (including phenoxy) is 1. The Kier molecular flexibility index (Phi) is 3.68. The standard InChI is InChI=1S/C16H19N5O/c1-20-10-11-8-9-12(17)15(16(11)21(20)2)19-18-13-6-4-5-7-14(13)22-3/h4-9H,10,17H2,1-3H3. The predicted molar refractivity (Wildman–Crippen MR) is 87.9 cm³/mol. The first-order valence-corrected chi connectivity index (χ1v) is 7.02. The van der Waals surface area contributed by atoms with Crippen LogP contribution in [0.2, 0.25) is 0 Å². The highest BCUT2D eigenvalue weighted by Crippen LogP contribution is 2.43. The largest absolute Gasteiger partial charge is 0.494 e. The summed E-state index contributed by atoms with van der Waals surface area (Å²) in [5.41, 5.74) is 10.3. The van der Waals surface area contributed by atoms with Gasteiger partial charge < -0.3 is 15.5 Å². The van der Waals surface area contributed by atoms with Crippen molar-refractivity contribution < 1.29 is 4.74 Å². The second-order valence-electron chi connectivity index (χ2n) is 5.22. The SMILES string of the molecule is COc1ccccc1N=Nc1c(N)ccc2c1N(C)N(C)C2. The van der Waals surface area contributed by atoms with Gasteiger partial charge in [0, 0.05) is 20.6 Å². The molecule has 0 amide bonds. The molecule has 0 saturated carbocycles. The highest BCUT2D eigenvalue weighted by atomic mass is 16.5. The molecule has 2 N–H and O–H groups in total. The van der Waals surface area contributed by atoms with E-state index in [1.807, 2.05) is 55.5 Å². The van der Waals surface area contributed by atoms with Gasteiger partial charge in [-0.2, -0.15) is 0 Å². The van der Waals surface area contributed by atoms with Crippen LogP contribution in [-0.4, -0.2) is 26.2 Å². The highest BCUT2D eigenvalue weighted by Gasteiger charge is 2.25. The lowest BCUT2D eigenvalue weighted by molar-refractivity contribution is 0.345. The molecule has 2 aromatic carbocycles. The number of rotatable bonds is 3. The monoisotopic (exact) mass is 297 g/mol. The normalized spacial score (nSPS) is 14.6. The number of fused-ring (bicyclic) bond motifs is 1. The lowest BCUT2D eigenvalue weighted by atomic mass is 10.1. The third kappa shape index (κ3) is 2.37. The minimum Gasteiger partial charge on any atom is -0.494 e. The Labute approximate surface area is 129 Å². The summed E-state index contributed by atoms with van der Waals surface area (Å²) in [5, 5.41) is 12.9. The van der Waals surface area contributed by atoms with E-state index in [0.717, 1.165) is 12.2 Å². The Morgan fingerprint density at radius 1 is 1.09 bits per heavy atom. The molecule has 0 spiro atoms. The van der Waals surface area contributed by atoms with Crippen molar-refractivity contribution in [2.24, 2.45) is 10.2 Å². The summed E-state index contributed by atoms with van der Waals surface area (Å²) >= 11 is 0. The van der Waals surface area contributed by atoms with E-state index in [1.165, 1.54) is 5.56 Å². The number of nitrogen functional groups attached to an aromatic ring is 1. The maximum absolute atomic E-state index is 6.11. The van der Waals surface area contributed by atoms with E-state index in [-0.39, 0.29) is 0 Å². The molecule has 0 bridgehead atoms. The van der Waals surface area contributed by atoms with Gasteiger partial charge in [0.15, 0.2) is 0 Å². The molecule has 114 valence electrons. The average molecular weight is 297 g/mol. The van der Waals surface area contributed by atoms with Crippen LogP contribution >= 0.6 is 0 Å². The second kappa shape index (κ2) is 5.65. The first kappa shape index (κ1) is 14.3. The maximum atomic E-state index is 6.11. The van der Waals surface area contributed by atoms with Crippen molar-refractivity contribution in [2.45, 2.75) is 6.54 Å². The van der Waals surface area contributed by atoms with Crippen molar-refractivity contribution in [1.82, 2.24) is 5.01 Å². The Morgan fingerprint density at radius 3 is 2.64 bits per heavy atom. The van der Waals surface area contributed by atoms with Gasteiger partial charge in [0.2, 0.25) is 0 Å². The van der Waals surface area contributed by atoms with Crippen LogP contribution in [0.4, 0.5) is 22.7 Å². The summed E-state index contributed by atoms with van der Waals surface area (Å²) < 4.78 is 5.29. The molecule has 3 rings (SSSR count). The number of nitrogens with zero attached hydrogens (tertiary/aromatic N) is 4. The second-order valence-corrected chi connectivity index (χ2v) is 5.22. The zero-order chi connectivity index (χ0) is 15.7. The fraction of sp³-hybridized carbons (Fsp3) is 0.250. The summed E-state index contributed by atoms with van der Waals surface area (Å²) in [6.45, 7) is 0.837. The van der Waals surface area contributed by atoms with E-state index >= 15 is 0 Å². The topological polar surface area (TPSA) is 66.5 Å².